The maximum absolute atomic E-state index is 13.2. The Bertz CT molecular complexity index is 1190. The highest BCUT2D eigenvalue weighted by atomic mass is 32.1. The molecule has 1 aliphatic rings. The zero-order valence-electron chi connectivity index (χ0n) is 16.0. The predicted molar refractivity (Wildman–Crippen MR) is 113 cm³/mol. The lowest BCUT2D eigenvalue weighted by Gasteiger charge is -2.36. The van der Waals surface area contributed by atoms with Crippen LogP contribution in [0, 0.1) is 11.6 Å². The molecular formula is C22H18F2N4OS. The SMILES string of the molecule is O=C(c1csc2nc(-c3ccc(F)cc3)cn12)N1CCN(c2ccc(F)cc2)CC1. The van der Waals surface area contributed by atoms with Crippen LogP contribution in [0.4, 0.5) is 14.5 Å². The maximum Gasteiger partial charge on any atom is 0.271 e. The fraction of sp³-hybridized carbons (Fsp3) is 0.182. The topological polar surface area (TPSA) is 40.9 Å². The Kier molecular flexibility index (Phi) is 4.71. The van der Waals surface area contributed by atoms with Crippen LogP contribution >= 0.6 is 11.3 Å². The predicted octanol–water partition coefficient (Wildman–Crippen LogP) is 4.30. The van der Waals surface area contributed by atoms with Crippen molar-refractivity contribution in [3.8, 4) is 11.3 Å². The number of hydrogen-bond donors (Lipinski definition) is 0. The average molecular weight is 424 g/mol. The molecule has 0 unspecified atom stereocenters. The number of carbonyl (C=O) groups excluding carboxylic acids is 1. The molecule has 5 rings (SSSR count). The molecule has 2 aromatic carbocycles. The summed E-state index contributed by atoms with van der Waals surface area (Å²) < 4.78 is 28.1. The molecule has 2 aromatic heterocycles. The molecule has 8 heteroatoms. The number of anilines is 1. The molecule has 0 saturated carbocycles. The van der Waals surface area contributed by atoms with Crippen LogP contribution in [0.5, 0.6) is 0 Å². The lowest BCUT2D eigenvalue weighted by atomic mass is 10.2. The molecule has 0 atom stereocenters. The molecular weight excluding hydrogens is 406 g/mol. The Morgan fingerprint density at radius 3 is 2.20 bits per heavy atom. The number of imidazole rings is 1. The van der Waals surface area contributed by atoms with Gasteiger partial charge < -0.3 is 9.80 Å². The zero-order valence-corrected chi connectivity index (χ0v) is 16.8. The number of nitrogens with zero attached hydrogens (tertiary/aromatic N) is 4. The molecule has 0 radical (unpaired) electrons. The first-order valence-electron chi connectivity index (χ1n) is 9.61. The van der Waals surface area contributed by atoms with Crippen molar-refractivity contribution in [1.29, 1.82) is 0 Å². The van der Waals surface area contributed by atoms with Gasteiger partial charge in [0.2, 0.25) is 0 Å². The van der Waals surface area contributed by atoms with Crippen LogP contribution in [0.25, 0.3) is 16.2 Å². The van der Waals surface area contributed by atoms with Crippen LogP contribution in [0.1, 0.15) is 10.5 Å². The van der Waals surface area contributed by atoms with Gasteiger partial charge in [-0.1, -0.05) is 0 Å². The van der Waals surface area contributed by atoms with Gasteiger partial charge in [-0.15, -0.1) is 11.3 Å². The Morgan fingerprint density at radius 2 is 1.53 bits per heavy atom. The number of piperazine rings is 1. The summed E-state index contributed by atoms with van der Waals surface area (Å²) in [7, 11) is 0. The normalized spacial score (nSPS) is 14.5. The van der Waals surface area contributed by atoms with Gasteiger partial charge in [0, 0.05) is 49.0 Å². The van der Waals surface area contributed by atoms with Crippen molar-refractivity contribution in [2.75, 3.05) is 31.1 Å². The van der Waals surface area contributed by atoms with Crippen LogP contribution in [-0.4, -0.2) is 46.4 Å². The van der Waals surface area contributed by atoms with Crippen LogP contribution in [-0.2, 0) is 0 Å². The van der Waals surface area contributed by atoms with Gasteiger partial charge in [-0.3, -0.25) is 9.20 Å². The average Bonchev–Trinajstić information content (AvgIpc) is 3.35. The smallest absolute Gasteiger partial charge is 0.271 e. The number of amides is 1. The highest BCUT2D eigenvalue weighted by Crippen LogP contribution is 2.25. The van der Waals surface area contributed by atoms with Gasteiger partial charge >= 0.3 is 0 Å². The van der Waals surface area contributed by atoms with Gasteiger partial charge in [-0.05, 0) is 48.5 Å². The molecule has 0 aliphatic carbocycles. The van der Waals surface area contributed by atoms with E-state index in [2.05, 4.69) is 9.88 Å². The van der Waals surface area contributed by atoms with Crippen molar-refractivity contribution in [2.24, 2.45) is 0 Å². The van der Waals surface area contributed by atoms with E-state index in [1.54, 1.807) is 28.7 Å². The van der Waals surface area contributed by atoms with Gasteiger partial charge in [0.1, 0.15) is 17.3 Å². The van der Waals surface area contributed by atoms with E-state index in [4.69, 9.17) is 0 Å². The van der Waals surface area contributed by atoms with Crippen LogP contribution in [0.2, 0.25) is 0 Å². The molecule has 0 spiro atoms. The molecule has 0 bridgehead atoms. The van der Waals surface area contributed by atoms with E-state index in [0.29, 0.717) is 37.6 Å². The third-order valence-corrected chi connectivity index (χ3v) is 6.17. The minimum Gasteiger partial charge on any atom is -0.368 e. The third kappa shape index (κ3) is 3.43. The third-order valence-electron chi connectivity index (χ3n) is 5.33. The summed E-state index contributed by atoms with van der Waals surface area (Å²) in [6, 6.07) is 12.6. The van der Waals surface area contributed by atoms with Gasteiger partial charge in [-0.2, -0.15) is 0 Å². The Balaban J connectivity index is 1.33. The summed E-state index contributed by atoms with van der Waals surface area (Å²) in [5, 5.41) is 1.82. The summed E-state index contributed by atoms with van der Waals surface area (Å²) >= 11 is 1.41. The summed E-state index contributed by atoms with van der Waals surface area (Å²) in [6.07, 6.45) is 1.82. The van der Waals surface area contributed by atoms with E-state index in [1.807, 2.05) is 16.5 Å². The Morgan fingerprint density at radius 1 is 0.900 bits per heavy atom. The summed E-state index contributed by atoms with van der Waals surface area (Å²) in [6.45, 7) is 2.56. The highest BCUT2D eigenvalue weighted by Gasteiger charge is 2.25. The lowest BCUT2D eigenvalue weighted by molar-refractivity contribution is 0.0740. The van der Waals surface area contributed by atoms with E-state index >= 15 is 0 Å². The number of fused-ring (bicyclic) bond motifs is 1. The molecule has 152 valence electrons. The zero-order chi connectivity index (χ0) is 20.7. The Labute approximate surface area is 175 Å². The van der Waals surface area contributed by atoms with Gasteiger partial charge in [0.05, 0.1) is 5.69 Å². The number of thiazole rings is 1. The largest absolute Gasteiger partial charge is 0.368 e. The van der Waals surface area contributed by atoms with Crippen molar-refractivity contribution in [3.63, 3.8) is 0 Å². The maximum atomic E-state index is 13.2. The standard InChI is InChI=1S/C22H18F2N4OS/c23-16-3-1-15(2-4-16)19-13-28-20(14-30-22(28)25-19)21(29)27-11-9-26(10-12-27)18-7-5-17(24)6-8-18/h1-8,13-14H,9-12H2. The van der Waals surface area contributed by atoms with E-state index in [0.717, 1.165) is 16.2 Å². The molecule has 4 aromatic rings. The highest BCUT2D eigenvalue weighted by molar-refractivity contribution is 7.15. The van der Waals surface area contributed by atoms with E-state index in [1.165, 1.54) is 35.6 Å². The molecule has 3 heterocycles. The second kappa shape index (κ2) is 7.53. The number of aromatic nitrogens is 2. The Hall–Kier alpha value is -3.26. The van der Waals surface area contributed by atoms with Crippen LogP contribution < -0.4 is 4.90 Å². The van der Waals surface area contributed by atoms with Gasteiger partial charge in [-0.25, -0.2) is 13.8 Å². The summed E-state index contributed by atoms with van der Waals surface area (Å²) in [4.78, 5) is 22.4. The molecule has 30 heavy (non-hydrogen) atoms. The van der Waals surface area contributed by atoms with Crippen LogP contribution in [0.3, 0.4) is 0 Å². The lowest BCUT2D eigenvalue weighted by Crippen LogP contribution is -2.49. The first-order valence-corrected chi connectivity index (χ1v) is 10.5. The second-order valence-corrected chi connectivity index (χ2v) is 8.00. The number of rotatable bonds is 3. The van der Waals surface area contributed by atoms with Crippen molar-refractivity contribution in [3.05, 3.63) is 77.4 Å². The molecule has 1 fully saturated rings. The minimum absolute atomic E-state index is 0.0388. The van der Waals surface area contributed by atoms with Crippen molar-refractivity contribution < 1.29 is 13.6 Å². The first-order chi connectivity index (χ1) is 14.6. The van der Waals surface area contributed by atoms with Crippen molar-refractivity contribution in [1.82, 2.24) is 14.3 Å². The minimum atomic E-state index is -0.296. The fourth-order valence-electron chi connectivity index (χ4n) is 3.68. The van der Waals surface area contributed by atoms with E-state index in [9.17, 15) is 13.6 Å². The monoisotopic (exact) mass is 424 g/mol. The molecule has 5 nitrogen and oxygen atoms in total. The van der Waals surface area contributed by atoms with Crippen molar-refractivity contribution >= 4 is 27.9 Å². The summed E-state index contributed by atoms with van der Waals surface area (Å²) in [5.74, 6) is -0.590. The second-order valence-electron chi connectivity index (χ2n) is 7.16. The molecule has 1 amide bonds. The van der Waals surface area contributed by atoms with Gasteiger partial charge in [0.25, 0.3) is 5.91 Å². The van der Waals surface area contributed by atoms with E-state index in [-0.39, 0.29) is 17.5 Å². The van der Waals surface area contributed by atoms with Crippen LogP contribution in [0.15, 0.2) is 60.1 Å². The molecule has 1 aliphatic heterocycles. The quantitative estimate of drug-likeness (QED) is 0.492. The summed E-state index contributed by atoms with van der Waals surface area (Å²) in [5.41, 5.74) is 3.04. The number of benzene rings is 2. The fourth-order valence-corrected chi connectivity index (χ4v) is 4.53. The van der Waals surface area contributed by atoms with Crippen molar-refractivity contribution in [2.45, 2.75) is 0 Å². The number of halogens is 2. The molecule has 1 saturated heterocycles. The number of carbonyl (C=O) groups is 1. The first kappa shape index (κ1) is 18.7. The van der Waals surface area contributed by atoms with Gasteiger partial charge in [0.15, 0.2) is 4.96 Å². The molecule has 0 N–H and O–H groups in total. The van der Waals surface area contributed by atoms with E-state index < -0.39 is 0 Å². The number of hydrogen-bond acceptors (Lipinski definition) is 4.